The molecule has 0 atom stereocenters. The number of thiophene rings is 4. The molecule has 0 nitrogen and oxygen atoms in total. The fourth-order valence-electron chi connectivity index (χ4n) is 16.4. The van der Waals surface area contributed by atoms with Gasteiger partial charge in [-0.15, -0.1) is 45.3 Å². The van der Waals surface area contributed by atoms with Crippen LogP contribution in [0, 0.1) is 0 Å². The fraction of sp³-hybridized carbons (Fsp3) is 0.143. The summed E-state index contributed by atoms with van der Waals surface area (Å²) in [5.74, 6) is 0. The normalized spacial score (nSPS) is 12.0. The van der Waals surface area contributed by atoms with Crippen LogP contribution in [0.3, 0.4) is 0 Å². The van der Waals surface area contributed by atoms with Crippen molar-refractivity contribution in [2.24, 2.45) is 0 Å². The Bertz CT molecular complexity index is 6780. The molecule has 0 radical (unpaired) electrons. The predicted molar refractivity (Wildman–Crippen MR) is 516 cm³/mol. The molecule has 0 aliphatic carbocycles. The first-order chi connectivity index (χ1) is 56.1. The highest BCUT2D eigenvalue weighted by atomic mass is 32.1. The minimum absolute atomic E-state index is 0.109. The summed E-state index contributed by atoms with van der Waals surface area (Å²) in [6.07, 6.45) is 0. The maximum atomic E-state index is 2.40. The van der Waals surface area contributed by atoms with Crippen molar-refractivity contribution in [2.75, 3.05) is 0 Å². The third kappa shape index (κ3) is 15.8. The van der Waals surface area contributed by atoms with E-state index in [0.29, 0.717) is 0 Å². The molecular formula is C112H96S4. The van der Waals surface area contributed by atoms with Gasteiger partial charge in [-0.3, -0.25) is 0 Å². The first-order valence-electron chi connectivity index (χ1n) is 40.5. The Balaban J connectivity index is 0.000000111. The average Bonchev–Trinajstić information content (AvgIpc) is 1.60. The minimum atomic E-state index is 0.109. The second kappa shape index (κ2) is 31.9. The topological polar surface area (TPSA) is 0 Å². The van der Waals surface area contributed by atoms with E-state index in [1.807, 2.05) is 45.3 Å². The molecule has 0 fully saturated rings. The van der Waals surface area contributed by atoms with Crippen molar-refractivity contribution >= 4 is 126 Å². The molecule has 0 aliphatic rings. The highest BCUT2D eigenvalue weighted by Crippen LogP contribution is 2.49. The third-order valence-electron chi connectivity index (χ3n) is 22.6. The van der Waals surface area contributed by atoms with Crippen LogP contribution < -0.4 is 0 Å². The summed E-state index contributed by atoms with van der Waals surface area (Å²) in [7, 11) is 0. The number of rotatable bonds is 8. The van der Waals surface area contributed by atoms with Gasteiger partial charge in [0.1, 0.15) is 0 Å². The second-order valence-corrected chi connectivity index (χ2v) is 39.0. The molecular weight excluding hydrogens is 1470 g/mol. The molecule has 4 aromatic heterocycles. The fourth-order valence-corrected chi connectivity index (χ4v) is 21.3. The van der Waals surface area contributed by atoms with Gasteiger partial charge in [-0.25, -0.2) is 0 Å². The zero-order chi connectivity index (χ0) is 80.0. The van der Waals surface area contributed by atoms with Gasteiger partial charge in [-0.1, -0.05) is 399 Å². The molecule has 0 saturated carbocycles. The highest BCUT2D eigenvalue weighted by molar-refractivity contribution is 7.27. The molecule has 0 spiro atoms. The van der Waals surface area contributed by atoms with Crippen molar-refractivity contribution < 1.29 is 0 Å². The Morgan fingerprint density at radius 2 is 0.457 bits per heavy atom. The average molecular weight is 1570 g/mol. The quantitative estimate of drug-likeness (QED) is 0.142. The Hall–Kier alpha value is -11.6. The second-order valence-electron chi connectivity index (χ2n) is 34.7. The Kier molecular flexibility index (Phi) is 21.2. The van der Waals surface area contributed by atoms with Crippen LogP contribution in [-0.2, 0) is 21.7 Å². The number of benzene rings is 16. The molecule has 568 valence electrons. The van der Waals surface area contributed by atoms with E-state index in [1.54, 1.807) is 0 Å². The van der Waals surface area contributed by atoms with Crippen molar-refractivity contribution in [1.29, 1.82) is 0 Å². The molecule has 0 aliphatic heterocycles. The van der Waals surface area contributed by atoms with E-state index in [1.165, 1.54) is 192 Å². The van der Waals surface area contributed by atoms with E-state index in [9.17, 15) is 0 Å². The lowest BCUT2D eigenvalue weighted by molar-refractivity contribution is 0.591. The van der Waals surface area contributed by atoms with Gasteiger partial charge < -0.3 is 0 Å². The molecule has 0 bridgehead atoms. The van der Waals surface area contributed by atoms with Gasteiger partial charge in [0, 0.05) is 80.7 Å². The van der Waals surface area contributed by atoms with E-state index in [0.717, 1.165) is 0 Å². The SMILES string of the molecule is CC(C)(C)c1ccc2c(c1)sc1cccc(-c3ccc(-c4ccccc4)cc3)c12.CC(C)(C)c1ccc2sc3cccc(-c4ccc(-c5ccccc5)cc4)c3c2c1.CC(C)(C)c1cccc2c1sc1cccc(-c3ccc(-c4ccccc4)cc3)c12.CC(C)(C)c1cccc2sc3cccc(-c4ccc(-c5ccccc5)cc4)c3c12. The molecule has 0 unspecified atom stereocenters. The zero-order valence-corrected chi connectivity index (χ0v) is 71.5. The molecule has 4 heterocycles. The maximum absolute atomic E-state index is 2.40. The molecule has 20 rings (SSSR count). The summed E-state index contributed by atoms with van der Waals surface area (Å²) in [4.78, 5) is 0. The first kappa shape index (κ1) is 77.0. The lowest BCUT2D eigenvalue weighted by Crippen LogP contribution is -2.11. The minimum Gasteiger partial charge on any atom is -0.135 e. The van der Waals surface area contributed by atoms with Crippen LogP contribution in [0.15, 0.2) is 364 Å². The van der Waals surface area contributed by atoms with Crippen LogP contribution in [0.1, 0.15) is 105 Å². The lowest BCUT2D eigenvalue weighted by atomic mass is 9.83. The third-order valence-corrected chi connectivity index (χ3v) is 27.2. The monoisotopic (exact) mass is 1570 g/mol. The van der Waals surface area contributed by atoms with Crippen LogP contribution >= 0.6 is 45.3 Å². The summed E-state index contributed by atoms with van der Waals surface area (Å²) in [5.41, 5.74) is 26.6. The van der Waals surface area contributed by atoms with Crippen LogP contribution in [0.5, 0.6) is 0 Å². The smallest absolute Gasteiger partial charge is 0.0392 e. The predicted octanol–water partition coefficient (Wildman–Crippen LogP) is 34.7. The molecule has 0 amide bonds. The van der Waals surface area contributed by atoms with Gasteiger partial charge in [0.05, 0.1) is 0 Å². The number of fused-ring (bicyclic) bond motifs is 12. The van der Waals surface area contributed by atoms with E-state index in [-0.39, 0.29) is 21.7 Å². The van der Waals surface area contributed by atoms with Crippen LogP contribution in [0.4, 0.5) is 0 Å². The lowest BCUT2D eigenvalue weighted by Gasteiger charge is -2.21. The number of hydrogen-bond donors (Lipinski definition) is 0. The largest absolute Gasteiger partial charge is 0.135 e. The summed E-state index contributed by atoms with van der Waals surface area (Å²) < 4.78 is 11.0. The summed E-state index contributed by atoms with van der Waals surface area (Å²) in [6.45, 7) is 27.5. The highest BCUT2D eigenvalue weighted by Gasteiger charge is 2.25. The molecule has 4 heteroatoms. The van der Waals surface area contributed by atoms with Crippen molar-refractivity contribution in [1.82, 2.24) is 0 Å². The van der Waals surface area contributed by atoms with Gasteiger partial charge in [0.2, 0.25) is 0 Å². The van der Waals surface area contributed by atoms with Crippen LogP contribution in [-0.4, -0.2) is 0 Å². The van der Waals surface area contributed by atoms with Crippen molar-refractivity contribution in [3.63, 3.8) is 0 Å². The maximum Gasteiger partial charge on any atom is 0.0392 e. The van der Waals surface area contributed by atoms with Gasteiger partial charge in [0.25, 0.3) is 0 Å². The molecule has 116 heavy (non-hydrogen) atoms. The van der Waals surface area contributed by atoms with Gasteiger partial charge >= 0.3 is 0 Å². The Morgan fingerprint density at radius 1 is 0.164 bits per heavy atom. The summed E-state index contributed by atoms with van der Waals surface area (Å²) >= 11 is 7.62. The van der Waals surface area contributed by atoms with Gasteiger partial charge in [-0.2, -0.15) is 0 Å². The first-order valence-corrected chi connectivity index (χ1v) is 43.8. The van der Waals surface area contributed by atoms with E-state index < -0.39 is 0 Å². The van der Waals surface area contributed by atoms with Gasteiger partial charge in [-0.05, 0) is 181 Å². The van der Waals surface area contributed by atoms with Crippen molar-refractivity contribution in [3.05, 3.63) is 386 Å². The van der Waals surface area contributed by atoms with Crippen LogP contribution in [0.2, 0.25) is 0 Å². The van der Waals surface area contributed by atoms with E-state index in [2.05, 4.69) is 447 Å². The Labute approximate surface area is 700 Å². The van der Waals surface area contributed by atoms with Gasteiger partial charge in [0.15, 0.2) is 0 Å². The molecule has 20 aromatic rings. The molecule has 0 saturated heterocycles. The summed E-state index contributed by atoms with van der Waals surface area (Å²) in [6, 6.07) is 133. The van der Waals surface area contributed by atoms with Crippen LogP contribution in [0.25, 0.3) is 170 Å². The number of hydrogen-bond acceptors (Lipinski definition) is 4. The van der Waals surface area contributed by atoms with E-state index in [4.69, 9.17) is 0 Å². The van der Waals surface area contributed by atoms with E-state index >= 15 is 0 Å². The van der Waals surface area contributed by atoms with Crippen molar-refractivity contribution in [3.8, 4) is 89.0 Å². The zero-order valence-electron chi connectivity index (χ0n) is 68.3. The standard InChI is InChI=1S/4C28H24S/c1-28(2,3)24-13-7-12-23-26-22(11-8-14-25(26)29-27(23)24)21-17-15-20(16-18-21)19-9-5-4-6-10-19;1-28(2,3)23-12-8-14-25-27(23)26-22(11-7-13-24(26)29-25)21-17-15-20(16-18-21)19-9-5-4-6-10-19;1-28(2,3)22-16-17-25-24(18-22)27-23(10-7-11-26(27)29-25)21-14-12-20(13-15-21)19-8-5-4-6-9-19;1-28(2,3)22-16-17-24-26(18-22)29-25-11-7-10-23(27(24)25)21-14-12-20(13-15-21)19-8-5-4-6-9-19/h4*4-18H,1-3H3. The Morgan fingerprint density at radius 3 is 0.862 bits per heavy atom. The molecule has 16 aromatic carbocycles. The van der Waals surface area contributed by atoms with Crippen molar-refractivity contribution in [2.45, 2.75) is 105 Å². The summed E-state index contributed by atoms with van der Waals surface area (Å²) in [5, 5.41) is 11.1. The molecule has 0 N–H and O–H groups in total.